The summed E-state index contributed by atoms with van der Waals surface area (Å²) in [7, 11) is 3.49. The minimum Gasteiger partial charge on any atom is -0.357 e. The Hall–Kier alpha value is -2.62. The number of anilines is 1. The van der Waals surface area contributed by atoms with Crippen LogP contribution in [0.25, 0.3) is 0 Å². The summed E-state index contributed by atoms with van der Waals surface area (Å²) in [6, 6.07) is 15.3. The van der Waals surface area contributed by atoms with Crippen LogP contribution in [0, 0.1) is 0 Å². The van der Waals surface area contributed by atoms with Crippen LogP contribution in [0.5, 0.6) is 0 Å². The third-order valence-corrected chi connectivity index (χ3v) is 4.55. The van der Waals surface area contributed by atoms with Gasteiger partial charge in [-0.05, 0) is 48.7 Å². The summed E-state index contributed by atoms with van der Waals surface area (Å²) in [6.45, 7) is 5.88. The summed E-state index contributed by atoms with van der Waals surface area (Å²) in [4.78, 5) is 29.9. The summed E-state index contributed by atoms with van der Waals surface area (Å²) in [5.41, 5.74) is 3.58. The number of hydrogen-bond acceptors (Lipinski definition) is 3. The largest absolute Gasteiger partial charge is 0.357 e. The van der Waals surface area contributed by atoms with Gasteiger partial charge in [0.05, 0.1) is 6.54 Å². The molecular formula is C24H34IN5O2. The molecular weight excluding hydrogens is 517 g/mol. The molecule has 0 saturated carbocycles. The van der Waals surface area contributed by atoms with E-state index in [4.69, 9.17) is 0 Å². The second-order valence-corrected chi connectivity index (χ2v) is 7.44. The predicted molar refractivity (Wildman–Crippen MR) is 142 cm³/mol. The van der Waals surface area contributed by atoms with Gasteiger partial charge in [0.2, 0.25) is 5.91 Å². The highest BCUT2D eigenvalue weighted by molar-refractivity contribution is 14.0. The van der Waals surface area contributed by atoms with Crippen molar-refractivity contribution in [1.82, 2.24) is 15.5 Å². The standard InChI is InChI=1S/C24H33N5O2.HI/c1-5-7-22(30)28-21-14-10-19(11-15-21)17-27-24(25-6-2)26-16-18-8-12-20(13-9-18)23(31)29(3)4;/h8-15H,5-7,16-17H2,1-4H3,(H,28,30)(H2,25,26,27);1H. The number of nitrogens with zero attached hydrogens (tertiary/aromatic N) is 2. The zero-order chi connectivity index (χ0) is 22.6. The van der Waals surface area contributed by atoms with Crippen molar-refractivity contribution in [3.8, 4) is 0 Å². The minimum atomic E-state index is -0.00893. The predicted octanol–water partition coefficient (Wildman–Crippen LogP) is 4.00. The molecule has 0 aromatic heterocycles. The first-order valence-corrected chi connectivity index (χ1v) is 10.6. The van der Waals surface area contributed by atoms with E-state index in [-0.39, 0.29) is 35.8 Å². The number of halogens is 1. The first kappa shape index (κ1) is 27.4. The molecule has 2 rings (SSSR count). The molecule has 0 spiro atoms. The number of amides is 2. The van der Waals surface area contributed by atoms with Gasteiger partial charge in [-0.2, -0.15) is 0 Å². The molecule has 2 amide bonds. The molecule has 3 N–H and O–H groups in total. The molecule has 174 valence electrons. The summed E-state index contributed by atoms with van der Waals surface area (Å²) in [6.07, 6.45) is 1.36. The highest BCUT2D eigenvalue weighted by Gasteiger charge is 2.07. The first-order chi connectivity index (χ1) is 14.9. The molecule has 0 heterocycles. The molecule has 0 aliphatic heterocycles. The van der Waals surface area contributed by atoms with Crippen molar-refractivity contribution in [2.24, 2.45) is 4.99 Å². The van der Waals surface area contributed by atoms with E-state index in [9.17, 15) is 9.59 Å². The van der Waals surface area contributed by atoms with Crippen LogP contribution in [0.1, 0.15) is 48.2 Å². The van der Waals surface area contributed by atoms with Crippen molar-refractivity contribution in [3.05, 3.63) is 65.2 Å². The first-order valence-electron chi connectivity index (χ1n) is 10.6. The van der Waals surface area contributed by atoms with Crippen molar-refractivity contribution >= 4 is 47.4 Å². The van der Waals surface area contributed by atoms with Crippen LogP contribution in [-0.4, -0.2) is 43.3 Å². The van der Waals surface area contributed by atoms with Crippen LogP contribution in [0.4, 0.5) is 5.69 Å². The van der Waals surface area contributed by atoms with E-state index in [1.165, 1.54) is 0 Å². The zero-order valence-corrected chi connectivity index (χ0v) is 21.6. The van der Waals surface area contributed by atoms with Crippen LogP contribution < -0.4 is 16.0 Å². The lowest BCUT2D eigenvalue weighted by Crippen LogP contribution is -2.36. The lowest BCUT2D eigenvalue weighted by atomic mass is 10.1. The van der Waals surface area contributed by atoms with Gasteiger partial charge in [0.15, 0.2) is 5.96 Å². The fourth-order valence-corrected chi connectivity index (χ4v) is 2.87. The molecule has 8 heteroatoms. The molecule has 0 saturated heterocycles. The zero-order valence-electron chi connectivity index (χ0n) is 19.3. The van der Waals surface area contributed by atoms with Gasteiger partial charge in [-0.15, -0.1) is 24.0 Å². The second-order valence-electron chi connectivity index (χ2n) is 7.44. The third-order valence-electron chi connectivity index (χ3n) is 4.55. The fourth-order valence-electron chi connectivity index (χ4n) is 2.87. The minimum absolute atomic E-state index is 0. The van der Waals surface area contributed by atoms with Crippen molar-refractivity contribution in [2.75, 3.05) is 26.0 Å². The molecule has 0 aliphatic carbocycles. The average Bonchev–Trinajstić information content (AvgIpc) is 2.76. The van der Waals surface area contributed by atoms with Crippen molar-refractivity contribution < 1.29 is 9.59 Å². The van der Waals surface area contributed by atoms with E-state index in [0.29, 0.717) is 25.1 Å². The van der Waals surface area contributed by atoms with Crippen LogP contribution >= 0.6 is 24.0 Å². The molecule has 0 aliphatic rings. The molecule has 32 heavy (non-hydrogen) atoms. The van der Waals surface area contributed by atoms with Crippen LogP contribution in [0.3, 0.4) is 0 Å². The van der Waals surface area contributed by atoms with Crippen LogP contribution in [0.15, 0.2) is 53.5 Å². The van der Waals surface area contributed by atoms with E-state index in [0.717, 1.165) is 35.7 Å². The number of carbonyl (C=O) groups is 2. The van der Waals surface area contributed by atoms with E-state index >= 15 is 0 Å². The third kappa shape index (κ3) is 9.25. The van der Waals surface area contributed by atoms with Gasteiger partial charge in [-0.3, -0.25) is 9.59 Å². The van der Waals surface area contributed by atoms with Crippen LogP contribution in [0.2, 0.25) is 0 Å². The molecule has 2 aromatic carbocycles. The number of guanidine groups is 1. The number of rotatable bonds is 9. The van der Waals surface area contributed by atoms with Crippen molar-refractivity contribution in [2.45, 2.75) is 39.8 Å². The number of benzene rings is 2. The topological polar surface area (TPSA) is 85.8 Å². The molecule has 0 unspecified atom stereocenters. The van der Waals surface area contributed by atoms with Crippen molar-refractivity contribution in [3.63, 3.8) is 0 Å². The quantitative estimate of drug-likeness (QED) is 0.250. The molecule has 0 fully saturated rings. The molecule has 0 radical (unpaired) electrons. The number of nitrogens with one attached hydrogen (secondary N) is 3. The average molecular weight is 551 g/mol. The normalized spacial score (nSPS) is 10.7. The Kier molecular flexibility index (Phi) is 12.4. The van der Waals surface area contributed by atoms with E-state index in [2.05, 4.69) is 20.9 Å². The Labute approximate surface area is 208 Å². The SMILES string of the molecule is CCCC(=O)Nc1ccc(CN=C(NCC)NCc2ccc(C(=O)N(C)C)cc2)cc1.I. The lowest BCUT2D eigenvalue weighted by molar-refractivity contribution is -0.116. The van der Waals surface area contributed by atoms with E-state index < -0.39 is 0 Å². The van der Waals surface area contributed by atoms with E-state index in [1.54, 1.807) is 19.0 Å². The van der Waals surface area contributed by atoms with Gasteiger partial charge in [-0.1, -0.05) is 31.2 Å². The highest BCUT2D eigenvalue weighted by Crippen LogP contribution is 2.11. The molecule has 0 atom stereocenters. The summed E-state index contributed by atoms with van der Waals surface area (Å²) < 4.78 is 0. The maximum atomic E-state index is 12.0. The van der Waals surface area contributed by atoms with Gasteiger partial charge in [0.1, 0.15) is 0 Å². The second kappa shape index (κ2) is 14.4. The van der Waals surface area contributed by atoms with Gasteiger partial charge in [0.25, 0.3) is 5.91 Å². The summed E-state index contributed by atoms with van der Waals surface area (Å²) >= 11 is 0. The molecule has 0 bridgehead atoms. The highest BCUT2D eigenvalue weighted by atomic mass is 127. The van der Waals surface area contributed by atoms with Gasteiger partial charge < -0.3 is 20.9 Å². The number of hydrogen-bond donors (Lipinski definition) is 3. The van der Waals surface area contributed by atoms with Crippen LogP contribution in [-0.2, 0) is 17.9 Å². The maximum Gasteiger partial charge on any atom is 0.253 e. The Morgan fingerprint density at radius 1 is 0.906 bits per heavy atom. The van der Waals surface area contributed by atoms with Gasteiger partial charge in [0, 0.05) is 44.9 Å². The monoisotopic (exact) mass is 551 g/mol. The molecule has 7 nitrogen and oxygen atoms in total. The molecule has 2 aromatic rings. The van der Waals surface area contributed by atoms with Crippen molar-refractivity contribution in [1.29, 1.82) is 0 Å². The lowest BCUT2D eigenvalue weighted by Gasteiger charge is -2.13. The van der Waals surface area contributed by atoms with Gasteiger partial charge >= 0.3 is 0 Å². The Bertz CT molecular complexity index is 880. The Balaban J connectivity index is 0.00000512. The smallest absolute Gasteiger partial charge is 0.253 e. The Morgan fingerprint density at radius 2 is 1.53 bits per heavy atom. The van der Waals surface area contributed by atoms with Gasteiger partial charge in [-0.25, -0.2) is 4.99 Å². The summed E-state index contributed by atoms with van der Waals surface area (Å²) in [5, 5.41) is 9.44. The Morgan fingerprint density at radius 3 is 2.09 bits per heavy atom. The van der Waals surface area contributed by atoms with E-state index in [1.807, 2.05) is 62.4 Å². The summed E-state index contributed by atoms with van der Waals surface area (Å²) in [5.74, 6) is 0.743. The number of aliphatic imine (C=N–C) groups is 1. The number of carbonyl (C=O) groups excluding carboxylic acids is 2. The maximum absolute atomic E-state index is 12.0. The fraction of sp³-hybridized carbons (Fsp3) is 0.375.